The molecule has 0 aliphatic rings. The van der Waals surface area contributed by atoms with E-state index in [0.29, 0.717) is 18.7 Å². The molecule has 1 amide bonds. The minimum Gasteiger partial charge on any atom is -0.339 e. The molecule has 3 rings (SSSR count). The molecule has 3 aromatic rings. The number of hydrogen-bond acceptors (Lipinski definition) is 3. The molecule has 0 aliphatic heterocycles. The van der Waals surface area contributed by atoms with Crippen LogP contribution in [0.25, 0.3) is 10.8 Å². The highest BCUT2D eigenvalue weighted by Gasteiger charge is 2.19. The van der Waals surface area contributed by atoms with Crippen molar-refractivity contribution in [3.63, 3.8) is 0 Å². The minimum atomic E-state index is 0.0325. The lowest BCUT2D eigenvalue weighted by atomic mass is 10.0. The van der Waals surface area contributed by atoms with Crippen LogP contribution in [0.5, 0.6) is 0 Å². The van der Waals surface area contributed by atoms with E-state index in [9.17, 15) is 4.79 Å². The molecule has 140 valence electrons. The normalized spacial score (nSPS) is 10.9. The first-order valence-electron chi connectivity index (χ1n) is 9.48. The maximum atomic E-state index is 13.0. The van der Waals surface area contributed by atoms with Crippen molar-refractivity contribution in [1.82, 2.24) is 9.88 Å². The fourth-order valence-corrected chi connectivity index (χ4v) is 3.44. The molecule has 0 atom stereocenters. The summed E-state index contributed by atoms with van der Waals surface area (Å²) in [4.78, 5) is 19.5. The molecule has 4 nitrogen and oxygen atoms in total. The van der Waals surface area contributed by atoms with Crippen molar-refractivity contribution >= 4 is 28.2 Å². The smallest absolute Gasteiger partial charge is 0.256 e. The average Bonchev–Trinajstić information content (AvgIpc) is 2.67. The number of hydrogen-bond donors (Lipinski definition) is 1. The first-order valence-corrected chi connectivity index (χ1v) is 9.48. The van der Waals surface area contributed by atoms with Gasteiger partial charge in [-0.2, -0.15) is 0 Å². The standard InChI is InChI=1S/C23H27N3O/c1-6-26(7-2)23(27)19-14-24-22(18-12-8-11-16(4)21(18)19)25-20-13-9-10-15(3)17(20)5/h8-14H,6-7H2,1-5H3,(H,24,25). The SMILES string of the molecule is CCN(CC)C(=O)c1cnc(Nc2cccc(C)c2C)c2cccc(C)c12. The number of fused-ring (bicyclic) bond motifs is 1. The Morgan fingerprint density at radius 1 is 1.00 bits per heavy atom. The lowest BCUT2D eigenvalue weighted by molar-refractivity contribution is 0.0774. The van der Waals surface area contributed by atoms with Gasteiger partial charge in [0.05, 0.1) is 5.56 Å². The maximum absolute atomic E-state index is 13.0. The maximum Gasteiger partial charge on any atom is 0.256 e. The summed E-state index contributed by atoms with van der Waals surface area (Å²) in [6.45, 7) is 11.6. The molecule has 0 spiro atoms. The van der Waals surface area contributed by atoms with Crippen molar-refractivity contribution < 1.29 is 4.79 Å². The number of pyridine rings is 1. The summed E-state index contributed by atoms with van der Waals surface area (Å²) in [5.74, 6) is 0.809. The highest BCUT2D eigenvalue weighted by molar-refractivity contribution is 6.10. The first kappa shape index (κ1) is 18.9. The number of amides is 1. The van der Waals surface area contributed by atoms with Gasteiger partial charge >= 0.3 is 0 Å². The molecule has 1 heterocycles. The second kappa shape index (κ2) is 7.78. The fourth-order valence-electron chi connectivity index (χ4n) is 3.44. The van der Waals surface area contributed by atoms with Crippen LogP contribution in [0.15, 0.2) is 42.6 Å². The van der Waals surface area contributed by atoms with E-state index in [2.05, 4.69) is 36.3 Å². The van der Waals surface area contributed by atoms with Crippen molar-refractivity contribution in [3.05, 3.63) is 64.8 Å². The summed E-state index contributed by atoms with van der Waals surface area (Å²) in [6.07, 6.45) is 1.71. The van der Waals surface area contributed by atoms with E-state index in [4.69, 9.17) is 0 Å². The lowest BCUT2D eigenvalue weighted by Gasteiger charge is -2.21. The van der Waals surface area contributed by atoms with E-state index in [1.165, 1.54) is 11.1 Å². The minimum absolute atomic E-state index is 0.0325. The summed E-state index contributed by atoms with van der Waals surface area (Å²) in [5.41, 5.74) is 5.21. The van der Waals surface area contributed by atoms with Crippen LogP contribution in [0.3, 0.4) is 0 Å². The van der Waals surface area contributed by atoms with Crippen molar-refractivity contribution in [1.29, 1.82) is 0 Å². The average molecular weight is 361 g/mol. The highest BCUT2D eigenvalue weighted by atomic mass is 16.2. The molecule has 0 saturated heterocycles. The Bertz CT molecular complexity index is 990. The predicted molar refractivity (Wildman–Crippen MR) is 113 cm³/mol. The Balaban J connectivity index is 2.15. The number of aryl methyl sites for hydroxylation is 2. The molecular weight excluding hydrogens is 334 g/mol. The third kappa shape index (κ3) is 3.52. The van der Waals surface area contributed by atoms with E-state index in [0.717, 1.165) is 27.8 Å². The zero-order valence-corrected chi connectivity index (χ0v) is 16.8. The summed E-state index contributed by atoms with van der Waals surface area (Å²) < 4.78 is 0. The summed E-state index contributed by atoms with van der Waals surface area (Å²) in [5, 5.41) is 5.41. The Hall–Kier alpha value is -2.88. The number of anilines is 2. The lowest BCUT2D eigenvalue weighted by Crippen LogP contribution is -2.30. The quantitative estimate of drug-likeness (QED) is 0.663. The molecule has 0 saturated carbocycles. The van der Waals surface area contributed by atoms with Crippen molar-refractivity contribution in [3.8, 4) is 0 Å². The van der Waals surface area contributed by atoms with Gasteiger partial charge in [-0.3, -0.25) is 4.79 Å². The van der Waals surface area contributed by atoms with Crippen molar-refractivity contribution in [2.24, 2.45) is 0 Å². The molecule has 2 aromatic carbocycles. The van der Waals surface area contributed by atoms with Crippen LogP contribution in [-0.2, 0) is 0 Å². The summed E-state index contributed by atoms with van der Waals surface area (Å²) >= 11 is 0. The van der Waals surface area contributed by atoms with E-state index in [1.807, 2.05) is 49.9 Å². The van der Waals surface area contributed by atoms with Gasteiger partial charge < -0.3 is 10.2 Å². The summed E-state index contributed by atoms with van der Waals surface area (Å²) in [7, 11) is 0. The van der Waals surface area contributed by atoms with Gasteiger partial charge in [0, 0.05) is 35.7 Å². The number of rotatable bonds is 5. The van der Waals surface area contributed by atoms with E-state index in [-0.39, 0.29) is 5.91 Å². The molecule has 27 heavy (non-hydrogen) atoms. The van der Waals surface area contributed by atoms with Crippen LogP contribution in [0.1, 0.15) is 40.9 Å². The van der Waals surface area contributed by atoms with Crippen LogP contribution >= 0.6 is 0 Å². The molecule has 0 unspecified atom stereocenters. The molecule has 4 heteroatoms. The summed E-state index contributed by atoms with van der Waals surface area (Å²) in [6, 6.07) is 12.3. The molecule has 0 bridgehead atoms. The zero-order chi connectivity index (χ0) is 19.6. The first-order chi connectivity index (χ1) is 13.0. The van der Waals surface area contributed by atoms with Gasteiger partial charge in [0.1, 0.15) is 5.82 Å². The van der Waals surface area contributed by atoms with Crippen molar-refractivity contribution in [2.75, 3.05) is 18.4 Å². The highest BCUT2D eigenvalue weighted by Crippen LogP contribution is 2.31. The molecule has 1 N–H and O–H groups in total. The second-order valence-electron chi connectivity index (χ2n) is 6.87. The molecule has 0 radical (unpaired) electrons. The molecule has 0 aliphatic carbocycles. The van der Waals surface area contributed by atoms with E-state index in [1.54, 1.807) is 6.20 Å². The third-order valence-corrected chi connectivity index (χ3v) is 5.26. The van der Waals surface area contributed by atoms with Gasteiger partial charge in [-0.1, -0.05) is 30.3 Å². The Labute approximate surface area is 161 Å². The van der Waals surface area contributed by atoms with Crippen LogP contribution in [0.2, 0.25) is 0 Å². The Morgan fingerprint density at radius 2 is 1.67 bits per heavy atom. The molecule has 0 fully saturated rings. The number of nitrogens with zero attached hydrogens (tertiary/aromatic N) is 2. The van der Waals surface area contributed by atoms with Crippen molar-refractivity contribution in [2.45, 2.75) is 34.6 Å². The predicted octanol–water partition coefficient (Wildman–Crippen LogP) is 5.39. The van der Waals surface area contributed by atoms with E-state index < -0.39 is 0 Å². The van der Waals surface area contributed by atoms with Gasteiger partial charge in [-0.15, -0.1) is 0 Å². The molecular formula is C23H27N3O. The zero-order valence-electron chi connectivity index (χ0n) is 16.8. The topological polar surface area (TPSA) is 45.2 Å². The van der Waals surface area contributed by atoms with Gasteiger partial charge in [0.25, 0.3) is 5.91 Å². The fraction of sp³-hybridized carbons (Fsp3) is 0.304. The Morgan fingerprint density at radius 3 is 2.37 bits per heavy atom. The number of carbonyl (C=O) groups excluding carboxylic acids is 1. The molecule has 1 aromatic heterocycles. The van der Waals surface area contributed by atoms with E-state index >= 15 is 0 Å². The van der Waals surface area contributed by atoms with Gasteiger partial charge in [0.2, 0.25) is 0 Å². The monoisotopic (exact) mass is 361 g/mol. The number of nitrogens with one attached hydrogen (secondary N) is 1. The van der Waals surface area contributed by atoms with Crippen LogP contribution in [-0.4, -0.2) is 28.9 Å². The van der Waals surface area contributed by atoms with Gasteiger partial charge in [-0.25, -0.2) is 4.98 Å². The number of benzene rings is 2. The van der Waals surface area contributed by atoms with Crippen LogP contribution < -0.4 is 5.32 Å². The van der Waals surface area contributed by atoms with Gasteiger partial charge in [-0.05, 0) is 57.4 Å². The Kier molecular flexibility index (Phi) is 5.45. The van der Waals surface area contributed by atoms with Gasteiger partial charge in [0.15, 0.2) is 0 Å². The third-order valence-electron chi connectivity index (χ3n) is 5.26. The van der Waals surface area contributed by atoms with Crippen LogP contribution in [0.4, 0.5) is 11.5 Å². The second-order valence-corrected chi connectivity index (χ2v) is 6.87. The largest absolute Gasteiger partial charge is 0.339 e. The number of aromatic nitrogens is 1. The van der Waals surface area contributed by atoms with Crippen LogP contribution in [0, 0.1) is 20.8 Å². The number of carbonyl (C=O) groups is 1.